The summed E-state index contributed by atoms with van der Waals surface area (Å²) in [5.74, 6) is 0.0881. The van der Waals surface area contributed by atoms with Gasteiger partial charge < -0.3 is 4.85 Å². The lowest BCUT2D eigenvalue weighted by atomic mass is 10.7. The molecule has 2 rings (SSSR count). The molecule has 0 radical (unpaired) electrons. The summed E-state index contributed by atoms with van der Waals surface area (Å²) in [7, 11) is 1.48. The van der Waals surface area contributed by atoms with Crippen LogP contribution in [0.1, 0.15) is 0 Å². The van der Waals surface area contributed by atoms with Crippen molar-refractivity contribution >= 4 is 11.5 Å². The normalized spacial score (nSPS) is 10.2. The van der Waals surface area contributed by atoms with Crippen LogP contribution in [0, 0.1) is 6.57 Å². The Kier molecular flexibility index (Phi) is 1.36. The van der Waals surface area contributed by atoms with E-state index < -0.39 is 0 Å². The van der Waals surface area contributed by atoms with E-state index in [-0.39, 0.29) is 17.2 Å². The van der Waals surface area contributed by atoms with Crippen molar-refractivity contribution < 1.29 is 0 Å². The Morgan fingerprint density at radius 2 is 2.38 bits per heavy atom. The molecule has 2 heterocycles. The molecule has 0 bridgehead atoms. The van der Waals surface area contributed by atoms with Crippen molar-refractivity contribution in [3.8, 4) is 0 Å². The minimum atomic E-state index is -0.368. The lowest BCUT2D eigenvalue weighted by Crippen LogP contribution is -2.26. The molecule has 7 heteroatoms. The molecule has 0 N–H and O–H groups in total. The Labute approximate surface area is 72.1 Å². The molecule has 2 aromatic rings. The van der Waals surface area contributed by atoms with E-state index in [0.717, 1.165) is 4.68 Å². The Bertz CT molecular complexity index is 558. The predicted octanol–water partition coefficient (Wildman–Crippen LogP) is -0.626. The zero-order valence-electron chi connectivity index (χ0n) is 6.67. The third kappa shape index (κ3) is 0.888. The molecule has 0 atom stereocenters. The van der Waals surface area contributed by atoms with Crippen LogP contribution in [0.15, 0.2) is 11.1 Å². The van der Waals surface area contributed by atoms with E-state index in [9.17, 15) is 4.79 Å². The third-order valence-electron chi connectivity index (χ3n) is 1.59. The monoisotopic (exact) mass is 176 g/mol. The summed E-state index contributed by atoms with van der Waals surface area (Å²) in [5.41, 5.74) is -0.175. The van der Waals surface area contributed by atoms with Crippen molar-refractivity contribution in [1.82, 2.24) is 24.4 Å². The predicted molar refractivity (Wildman–Crippen MR) is 42.3 cm³/mol. The fourth-order valence-corrected chi connectivity index (χ4v) is 0.948. The average molecular weight is 176 g/mol. The van der Waals surface area contributed by atoms with E-state index >= 15 is 0 Å². The minimum Gasteiger partial charge on any atom is -0.358 e. The maximum Gasteiger partial charge on any atom is 0.353 e. The van der Waals surface area contributed by atoms with Gasteiger partial charge in [-0.15, -0.1) is 10.1 Å². The molecule has 0 aliphatic heterocycles. The maximum atomic E-state index is 11.3. The zero-order chi connectivity index (χ0) is 9.42. The average Bonchev–Trinajstić information content (AvgIpc) is 2.55. The van der Waals surface area contributed by atoms with Gasteiger partial charge in [-0.25, -0.2) is 9.20 Å². The van der Waals surface area contributed by atoms with Crippen molar-refractivity contribution in [2.45, 2.75) is 0 Å². The summed E-state index contributed by atoms with van der Waals surface area (Å²) in [6.07, 6.45) is 1.26. The number of rotatable bonds is 0. The Balaban J connectivity index is 3.00. The molecule has 2 aromatic heterocycles. The molecule has 0 aliphatic carbocycles. The van der Waals surface area contributed by atoms with Crippen LogP contribution in [0.3, 0.4) is 0 Å². The van der Waals surface area contributed by atoms with Gasteiger partial charge in [-0.3, -0.25) is 0 Å². The van der Waals surface area contributed by atoms with Crippen molar-refractivity contribution in [3.05, 3.63) is 28.2 Å². The Hall–Kier alpha value is -2.23. The number of imidazole rings is 1. The van der Waals surface area contributed by atoms with Gasteiger partial charge in [-0.1, -0.05) is 11.8 Å². The molecule has 7 nitrogen and oxygen atoms in total. The van der Waals surface area contributed by atoms with Gasteiger partial charge in [-0.2, -0.15) is 4.68 Å². The van der Waals surface area contributed by atoms with Gasteiger partial charge in [0, 0.05) is 7.05 Å². The fraction of sp³-hybridized carbons (Fsp3) is 0.167. The van der Waals surface area contributed by atoms with E-state index in [0.29, 0.717) is 0 Å². The Morgan fingerprint density at radius 3 is 3.08 bits per heavy atom. The number of hydrogen-bond acceptors (Lipinski definition) is 4. The second-order valence-corrected chi connectivity index (χ2v) is 2.37. The molecule has 0 saturated carbocycles. The highest BCUT2D eigenvalue weighted by atomic mass is 16.2. The topological polar surface area (TPSA) is 69.4 Å². The second kappa shape index (κ2) is 2.38. The molecular weight excluding hydrogens is 172 g/mol. The first kappa shape index (κ1) is 7.42. The molecule has 0 unspecified atom stereocenters. The van der Waals surface area contributed by atoms with Crippen LogP contribution in [0.5, 0.6) is 0 Å². The number of hydrogen-bond donors (Lipinski definition) is 0. The molecule has 0 aromatic carbocycles. The van der Waals surface area contributed by atoms with E-state index in [4.69, 9.17) is 6.57 Å². The largest absolute Gasteiger partial charge is 0.358 e. The summed E-state index contributed by atoms with van der Waals surface area (Å²) in [5, 5.41) is 7.21. The lowest BCUT2D eigenvalue weighted by molar-refractivity contribution is 0.607. The number of nitrogens with zero attached hydrogens (tertiary/aromatic N) is 6. The number of aromatic nitrogens is 5. The van der Waals surface area contributed by atoms with Crippen LogP contribution in [-0.4, -0.2) is 24.4 Å². The summed E-state index contributed by atoms with van der Waals surface area (Å²) in [6, 6.07) is 0. The van der Waals surface area contributed by atoms with Gasteiger partial charge in [-0.05, 0) is 0 Å². The molecule has 0 aliphatic rings. The molecule has 0 spiro atoms. The summed E-state index contributed by atoms with van der Waals surface area (Å²) >= 11 is 0. The summed E-state index contributed by atoms with van der Waals surface area (Å²) in [4.78, 5) is 18.1. The standard InChI is InChI=1S/C6H4N6O/c1-7-4-5-9-10-11(2)6(13)12(5)3-8-4/h3H,2H3. The molecule has 0 fully saturated rings. The van der Waals surface area contributed by atoms with E-state index in [2.05, 4.69) is 20.1 Å². The molecule has 13 heavy (non-hydrogen) atoms. The van der Waals surface area contributed by atoms with Crippen molar-refractivity contribution in [1.29, 1.82) is 0 Å². The van der Waals surface area contributed by atoms with Crippen molar-refractivity contribution in [2.24, 2.45) is 7.05 Å². The highest BCUT2D eigenvalue weighted by molar-refractivity contribution is 5.62. The zero-order valence-corrected chi connectivity index (χ0v) is 6.67. The van der Waals surface area contributed by atoms with Crippen LogP contribution in [0.2, 0.25) is 0 Å². The second-order valence-electron chi connectivity index (χ2n) is 2.37. The highest BCUT2D eigenvalue weighted by Gasteiger charge is 2.09. The smallest absolute Gasteiger partial charge is 0.353 e. The van der Waals surface area contributed by atoms with Crippen molar-refractivity contribution in [3.63, 3.8) is 0 Å². The number of aryl methyl sites for hydroxylation is 1. The highest BCUT2D eigenvalue weighted by Crippen LogP contribution is 2.11. The van der Waals surface area contributed by atoms with Crippen LogP contribution < -0.4 is 5.69 Å². The molecule has 64 valence electrons. The molecule has 0 saturated heterocycles. The first-order chi connectivity index (χ1) is 6.24. The van der Waals surface area contributed by atoms with Crippen LogP contribution in [0.4, 0.5) is 5.82 Å². The van der Waals surface area contributed by atoms with E-state index in [1.54, 1.807) is 0 Å². The van der Waals surface area contributed by atoms with Gasteiger partial charge in [0.25, 0.3) is 0 Å². The first-order valence-corrected chi connectivity index (χ1v) is 3.38. The van der Waals surface area contributed by atoms with Crippen LogP contribution >= 0.6 is 0 Å². The molecular formula is C6H4N6O. The van der Waals surface area contributed by atoms with Crippen LogP contribution in [0.25, 0.3) is 10.5 Å². The first-order valence-electron chi connectivity index (χ1n) is 3.38. The third-order valence-corrected chi connectivity index (χ3v) is 1.59. The van der Waals surface area contributed by atoms with E-state index in [1.165, 1.54) is 17.8 Å². The van der Waals surface area contributed by atoms with Gasteiger partial charge >= 0.3 is 11.5 Å². The summed E-state index contributed by atoms with van der Waals surface area (Å²) < 4.78 is 2.25. The van der Waals surface area contributed by atoms with E-state index in [1.807, 2.05) is 0 Å². The van der Waals surface area contributed by atoms with Crippen molar-refractivity contribution in [2.75, 3.05) is 0 Å². The minimum absolute atomic E-state index is 0.0881. The number of fused-ring (bicyclic) bond motifs is 1. The van der Waals surface area contributed by atoms with Gasteiger partial charge in [0.2, 0.25) is 0 Å². The Morgan fingerprint density at radius 1 is 1.62 bits per heavy atom. The maximum absolute atomic E-state index is 11.3. The summed E-state index contributed by atoms with van der Waals surface area (Å²) in [6.45, 7) is 6.74. The SMILES string of the molecule is [C-]#[N+]c1ncn2c(=O)n(C)nnc12. The quantitative estimate of drug-likeness (QED) is 0.501. The van der Waals surface area contributed by atoms with Gasteiger partial charge in [0.15, 0.2) is 12.0 Å². The lowest BCUT2D eigenvalue weighted by Gasteiger charge is -1.93. The van der Waals surface area contributed by atoms with Gasteiger partial charge in [0.05, 0.1) is 0 Å². The fourth-order valence-electron chi connectivity index (χ4n) is 0.948. The molecule has 0 amide bonds. The van der Waals surface area contributed by atoms with Gasteiger partial charge in [0.1, 0.15) is 0 Å². The van der Waals surface area contributed by atoms with Crippen LogP contribution in [-0.2, 0) is 7.05 Å².